The number of nitrogens with zero attached hydrogens (tertiary/aromatic N) is 2. The number of rotatable bonds is 1. The molecule has 3 rings (SSSR count). The Morgan fingerprint density at radius 3 is 2.38 bits per heavy atom. The SMILES string of the molecule is Cc1cccc(C)c1N=c1oc(=O)c2ccccc2n1C. The molecular formula is C17H16N2O2. The molecule has 0 fully saturated rings. The number of aryl methyl sites for hydroxylation is 3. The maximum atomic E-state index is 12.1. The highest BCUT2D eigenvalue weighted by Crippen LogP contribution is 2.22. The Bertz CT molecular complexity index is 929. The van der Waals surface area contributed by atoms with Crippen molar-refractivity contribution in [3.05, 3.63) is 69.7 Å². The van der Waals surface area contributed by atoms with Crippen molar-refractivity contribution in [2.45, 2.75) is 13.8 Å². The van der Waals surface area contributed by atoms with Gasteiger partial charge in [-0.3, -0.25) is 4.57 Å². The molecule has 0 radical (unpaired) electrons. The lowest BCUT2D eigenvalue weighted by Gasteiger charge is -2.06. The molecule has 106 valence electrons. The molecule has 0 saturated heterocycles. The first kappa shape index (κ1) is 13.4. The number of hydrogen-bond donors (Lipinski definition) is 0. The van der Waals surface area contributed by atoms with Crippen LogP contribution in [0.1, 0.15) is 11.1 Å². The third kappa shape index (κ3) is 2.29. The van der Waals surface area contributed by atoms with E-state index in [1.54, 1.807) is 10.6 Å². The number of fused-ring (bicyclic) bond motifs is 1. The largest absolute Gasteiger partial charge is 0.388 e. The van der Waals surface area contributed by atoms with E-state index < -0.39 is 0 Å². The zero-order chi connectivity index (χ0) is 15.0. The summed E-state index contributed by atoms with van der Waals surface area (Å²) in [4.78, 5) is 16.6. The van der Waals surface area contributed by atoms with Crippen LogP contribution in [-0.4, -0.2) is 4.57 Å². The van der Waals surface area contributed by atoms with Gasteiger partial charge in [-0.2, -0.15) is 4.99 Å². The minimum atomic E-state index is -0.367. The van der Waals surface area contributed by atoms with E-state index in [1.165, 1.54) is 0 Å². The van der Waals surface area contributed by atoms with Crippen LogP contribution in [0.2, 0.25) is 0 Å². The molecule has 0 aliphatic rings. The number of benzene rings is 2. The summed E-state index contributed by atoms with van der Waals surface area (Å²) in [5.74, 6) is 0. The van der Waals surface area contributed by atoms with Crippen molar-refractivity contribution >= 4 is 16.6 Å². The highest BCUT2D eigenvalue weighted by Gasteiger charge is 2.06. The Labute approximate surface area is 122 Å². The average molecular weight is 280 g/mol. The number of hydrogen-bond acceptors (Lipinski definition) is 3. The summed E-state index contributed by atoms with van der Waals surface area (Å²) < 4.78 is 7.17. The lowest BCUT2D eigenvalue weighted by atomic mass is 10.1. The van der Waals surface area contributed by atoms with Gasteiger partial charge in [-0.1, -0.05) is 30.3 Å². The second-order valence-electron chi connectivity index (χ2n) is 5.10. The molecule has 0 amide bonds. The fraction of sp³-hybridized carbons (Fsp3) is 0.176. The molecule has 0 unspecified atom stereocenters. The standard InChI is InChI=1S/C17H16N2O2/c1-11-7-6-8-12(2)15(11)18-17-19(3)14-10-5-4-9-13(14)16(20)21-17/h4-10H,1-3H3. The van der Waals surface area contributed by atoms with E-state index in [-0.39, 0.29) is 5.63 Å². The molecular weight excluding hydrogens is 264 g/mol. The molecule has 0 bridgehead atoms. The minimum Gasteiger partial charge on any atom is -0.388 e. The Balaban J connectivity index is 2.38. The van der Waals surface area contributed by atoms with E-state index in [1.807, 2.05) is 57.3 Å². The van der Waals surface area contributed by atoms with E-state index in [0.29, 0.717) is 11.1 Å². The minimum absolute atomic E-state index is 0.302. The van der Waals surface area contributed by atoms with Crippen molar-refractivity contribution < 1.29 is 4.42 Å². The molecule has 0 aliphatic heterocycles. The van der Waals surface area contributed by atoms with E-state index in [4.69, 9.17) is 4.42 Å². The van der Waals surface area contributed by atoms with Crippen LogP contribution < -0.4 is 11.3 Å². The van der Waals surface area contributed by atoms with Crippen molar-refractivity contribution in [1.82, 2.24) is 4.57 Å². The first-order chi connectivity index (χ1) is 10.1. The third-order valence-electron chi connectivity index (χ3n) is 3.60. The first-order valence-electron chi connectivity index (χ1n) is 6.78. The van der Waals surface area contributed by atoms with Crippen LogP contribution in [0.5, 0.6) is 0 Å². The van der Waals surface area contributed by atoms with Gasteiger partial charge in [-0.25, -0.2) is 4.79 Å². The zero-order valence-electron chi connectivity index (χ0n) is 12.3. The van der Waals surface area contributed by atoms with Crippen molar-refractivity contribution in [2.75, 3.05) is 0 Å². The molecule has 4 nitrogen and oxygen atoms in total. The third-order valence-corrected chi connectivity index (χ3v) is 3.60. The quantitative estimate of drug-likeness (QED) is 0.688. The monoisotopic (exact) mass is 280 g/mol. The van der Waals surface area contributed by atoms with Crippen molar-refractivity contribution in [3.8, 4) is 0 Å². The summed E-state index contributed by atoms with van der Waals surface area (Å²) >= 11 is 0. The smallest absolute Gasteiger partial charge is 0.348 e. The van der Waals surface area contributed by atoms with Crippen molar-refractivity contribution in [2.24, 2.45) is 12.0 Å². The van der Waals surface area contributed by atoms with E-state index in [0.717, 1.165) is 22.3 Å². The summed E-state index contributed by atoms with van der Waals surface area (Å²) in [5, 5.41) is 0.556. The molecule has 4 heteroatoms. The van der Waals surface area contributed by atoms with Gasteiger partial charge in [-0.15, -0.1) is 0 Å². The van der Waals surface area contributed by atoms with Crippen LogP contribution in [0.25, 0.3) is 10.9 Å². The van der Waals surface area contributed by atoms with E-state index in [9.17, 15) is 4.79 Å². The van der Waals surface area contributed by atoms with E-state index in [2.05, 4.69) is 4.99 Å². The predicted molar refractivity (Wildman–Crippen MR) is 82.6 cm³/mol. The van der Waals surface area contributed by atoms with Gasteiger partial charge in [0.15, 0.2) is 0 Å². The fourth-order valence-electron chi connectivity index (χ4n) is 2.42. The Kier molecular flexibility index (Phi) is 3.22. The molecule has 0 saturated carbocycles. The molecule has 1 heterocycles. The van der Waals surface area contributed by atoms with Gasteiger partial charge in [0.2, 0.25) is 0 Å². The number of para-hydroxylation sites is 2. The lowest BCUT2D eigenvalue weighted by molar-refractivity contribution is 0.418. The first-order valence-corrected chi connectivity index (χ1v) is 6.78. The zero-order valence-corrected chi connectivity index (χ0v) is 12.3. The van der Waals surface area contributed by atoms with Gasteiger partial charge in [0.05, 0.1) is 16.6 Å². The summed E-state index contributed by atoms with van der Waals surface area (Å²) in [7, 11) is 1.84. The Morgan fingerprint density at radius 1 is 1.00 bits per heavy atom. The van der Waals surface area contributed by atoms with Crippen LogP contribution >= 0.6 is 0 Å². The highest BCUT2D eigenvalue weighted by atomic mass is 16.4. The average Bonchev–Trinajstić information content (AvgIpc) is 2.48. The summed E-state index contributed by atoms with van der Waals surface area (Å²) in [6.45, 7) is 3.98. The van der Waals surface area contributed by atoms with Gasteiger partial charge in [0, 0.05) is 7.05 Å². The maximum absolute atomic E-state index is 12.1. The van der Waals surface area contributed by atoms with Crippen LogP contribution in [0, 0.1) is 13.8 Å². The van der Waals surface area contributed by atoms with Gasteiger partial charge < -0.3 is 4.42 Å². The lowest BCUT2D eigenvalue weighted by Crippen LogP contribution is -2.23. The van der Waals surface area contributed by atoms with Gasteiger partial charge in [-0.05, 0) is 37.1 Å². The highest BCUT2D eigenvalue weighted by molar-refractivity contribution is 5.77. The molecule has 0 spiro atoms. The molecule has 0 aliphatic carbocycles. The topological polar surface area (TPSA) is 47.5 Å². The normalized spacial score (nSPS) is 12.0. The summed E-state index contributed by atoms with van der Waals surface area (Å²) in [5.41, 5.74) is 3.67. The second kappa shape index (κ2) is 5.05. The van der Waals surface area contributed by atoms with Crippen LogP contribution in [0.15, 0.2) is 56.7 Å². The second-order valence-corrected chi connectivity index (χ2v) is 5.10. The van der Waals surface area contributed by atoms with Crippen LogP contribution in [-0.2, 0) is 7.05 Å². The molecule has 3 aromatic rings. The van der Waals surface area contributed by atoms with Crippen molar-refractivity contribution in [1.29, 1.82) is 0 Å². The molecule has 21 heavy (non-hydrogen) atoms. The van der Waals surface area contributed by atoms with Crippen LogP contribution in [0.3, 0.4) is 0 Å². The van der Waals surface area contributed by atoms with Crippen molar-refractivity contribution in [3.63, 3.8) is 0 Å². The molecule has 0 atom stereocenters. The predicted octanol–water partition coefficient (Wildman–Crippen LogP) is 2.98. The van der Waals surface area contributed by atoms with Gasteiger partial charge in [0.1, 0.15) is 0 Å². The van der Waals surface area contributed by atoms with Gasteiger partial charge in [0.25, 0.3) is 0 Å². The van der Waals surface area contributed by atoms with E-state index >= 15 is 0 Å². The molecule has 2 aromatic carbocycles. The number of aromatic nitrogens is 1. The Morgan fingerprint density at radius 2 is 1.67 bits per heavy atom. The van der Waals surface area contributed by atoms with Gasteiger partial charge >= 0.3 is 11.3 Å². The van der Waals surface area contributed by atoms with Crippen LogP contribution in [0.4, 0.5) is 5.69 Å². The Hall–Kier alpha value is -2.62. The maximum Gasteiger partial charge on any atom is 0.348 e. The molecule has 1 aromatic heterocycles. The summed E-state index contributed by atoms with van der Waals surface area (Å²) in [6, 6.07) is 13.3. The summed E-state index contributed by atoms with van der Waals surface area (Å²) in [6.07, 6.45) is 0. The fourth-order valence-corrected chi connectivity index (χ4v) is 2.42. The molecule has 0 N–H and O–H groups in total.